The van der Waals surface area contributed by atoms with E-state index in [4.69, 9.17) is 4.74 Å². The van der Waals surface area contributed by atoms with Crippen molar-refractivity contribution in [1.82, 2.24) is 4.98 Å². The van der Waals surface area contributed by atoms with Crippen LogP contribution in [0.2, 0.25) is 0 Å². The van der Waals surface area contributed by atoms with Crippen LogP contribution in [0.1, 0.15) is 13.3 Å². The van der Waals surface area contributed by atoms with Gasteiger partial charge in [0.05, 0.1) is 15.0 Å². The number of anilines is 1. The number of halogens is 1. The third-order valence-electron chi connectivity index (χ3n) is 2.57. The smallest absolute Gasteiger partial charge is 0.311 e. The third kappa shape index (κ3) is 4.73. The molecule has 1 heterocycles. The molecule has 1 aromatic rings. The summed E-state index contributed by atoms with van der Waals surface area (Å²) < 4.78 is 5.38. The van der Waals surface area contributed by atoms with Crippen molar-refractivity contribution < 1.29 is 14.8 Å². The van der Waals surface area contributed by atoms with Gasteiger partial charge in [0.15, 0.2) is 0 Å². The Morgan fingerprint density at radius 2 is 2.32 bits per heavy atom. The Bertz CT molecular complexity index is 454. The molecule has 7 nitrogen and oxygen atoms in total. The van der Waals surface area contributed by atoms with E-state index in [-0.39, 0.29) is 12.2 Å². The summed E-state index contributed by atoms with van der Waals surface area (Å²) in [6.45, 7) is 2.22. The van der Waals surface area contributed by atoms with Crippen LogP contribution in [0.15, 0.2) is 16.9 Å². The normalized spacial score (nSPS) is 13.9. The summed E-state index contributed by atoms with van der Waals surface area (Å²) in [5.41, 5.74) is -0.860. The van der Waals surface area contributed by atoms with E-state index in [9.17, 15) is 15.2 Å². The van der Waals surface area contributed by atoms with E-state index >= 15 is 0 Å². The van der Waals surface area contributed by atoms with E-state index in [1.807, 2.05) is 0 Å². The van der Waals surface area contributed by atoms with Crippen molar-refractivity contribution in [3.63, 3.8) is 0 Å². The largest absolute Gasteiger partial charge is 0.388 e. The third-order valence-corrected chi connectivity index (χ3v) is 3.17. The minimum absolute atomic E-state index is 0.142. The van der Waals surface area contributed by atoms with Gasteiger partial charge < -0.3 is 15.2 Å². The van der Waals surface area contributed by atoms with Gasteiger partial charge in [0.2, 0.25) is 0 Å². The summed E-state index contributed by atoms with van der Waals surface area (Å²) in [4.78, 5) is 14.1. The van der Waals surface area contributed by atoms with Crippen LogP contribution in [0, 0.1) is 10.1 Å². The van der Waals surface area contributed by atoms with Crippen LogP contribution in [0.3, 0.4) is 0 Å². The van der Waals surface area contributed by atoms with Crippen molar-refractivity contribution in [3.05, 3.63) is 27.0 Å². The molecule has 2 N–H and O–H groups in total. The molecule has 106 valence electrons. The predicted octanol–water partition coefficient (Wildman–Crippen LogP) is 1.95. The summed E-state index contributed by atoms with van der Waals surface area (Å²) in [5, 5.41) is 23.9. The van der Waals surface area contributed by atoms with Gasteiger partial charge in [-0.1, -0.05) is 0 Å². The second-order valence-corrected chi connectivity index (χ2v) is 5.22. The maximum atomic E-state index is 10.9. The molecule has 1 atom stereocenters. The summed E-state index contributed by atoms with van der Waals surface area (Å²) in [6, 6.07) is 0. The zero-order chi connectivity index (χ0) is 14.5. The lowest BCUT2D eigenvalue weighted by atomic mass is 10.0. The number of ether oxygens (including phenoxy) is 1. The number of hydrogen-bond donors (Lipinski definition) is 2. The number of methoxy groups -OCH3 is 1. The van der Waals surface area contributed by atoms with Crippen molar-refractivity contribution in [2.24, 2.45) is 0 Å². The number of nitrogens with zero attached hydrogens (tertiary/aromatic N) is 2. The van der Waals surface area contributed by atoms with Crippen LogP contribution in [0.4, 0.5) is 11.4 Å². The predicted molar refractivity (Wildman–Crippen MR) is 74.2 cm³/mol. The zero-order valence-electron chi connectivity index (χ0n) is 10.7. The Labute approximate surface area is 119 Å². The first kappa shape index (κ1) is 15.8. The lowest BCUT2D eigenvalue weighted by molar-refractivity contribution is -0.384. The van der Waals surface area contributed by atoms with E-state index in [1.165, 1.54) is 6.20 Å². The van der Waals surface area contributed by atoms with E-state index in [1.54, 1.807) is 14.0 Å². The van der Waals surface area contributed by atoms with Gasteiger partial charge in [0, 0.05) is 32.9 Å². The fraction of sp³-hybridized carbons (Fsp3) is 0.545. The molecule has 19 heavy (non-hydrogen) atoms. The highest BCUT2D eigenvalue weighted by molar-refractivity contribution is 9.10. The summed E-state index contributed by atoms with van der Waals surface area (Å²) in [7, 11) is 1.55. The molecule has 0 aliphatic heterocycles. The van der Waals surface area contributed by atoms with Gasteiger partial charge in [-0.25, -0.2) is 0 Å². The Morgan fingerprint density at radius 3 is 2.89 bits per heavy atom. The van der Waals surface area contributed by atoms with Gasteiger partial charge in [0.1, 0.15) is 11.9 Å². The number of rotatable bonds is 7. The fourth-order valence-corrected chi connectivity index (χ4v) is 1.89. The first-order chi connectivity index (χ1) is 8.87. The average Bonchev–Trinajstić information content (AvgIpc) is 2.34. The van der Waals surface area contributed by atoms with Gasteiger partial charge in [-0.05, 0) is 22.9 Å². The van der Waals surface area contributed by atoms with E-state index in [0.29, 0.717) is 23.2 Å². The average molecular weight is 334 g/mol. The van der Waals surface area contributed by atoms with Crippen LogP contribution < -0.4 is 5.32 Å². The molecular weight excluding hydrogens is 318 g/mol. The molecule has 0 saturated heterocycles. The van der Waals surface area contributed by atoms with Crippen molar-refractivity contribution >= 4 is 27.3 Å². The van der Waals surface area contributed by atoms with Crippen molar-refractivity contribution in [2.75, 3.05) is 25.6 Å². The molecule has 0 saturated carbocycles. The SMILES string of the molecule is COCCC(C)(O)CNc1c(Br)cncc1[N+](=O)[O-]. The molecule has 0 amide bonds. The maximum Gasteiger partial charge on any atom is 0.311 e. The van der Waals surface area contributed by atoms with Crippen molar-refractivity contribution in [1.29, 1.82) is 0 Å². The molecule has 8 heteroatoms. The lowest BCUT2D eigenvalue weighted by Crippen LogP contribution is -2.34. The molecule has 1 unspecified atom stereocenters. The molecule has 0 radical (unpaired) electrons. The van der Waals surface area contributed by atoms with Crippen LogP contribution in [-0.4, -0.2) is 40.9 Å². The van der Waals surface area contributed by atoms with Gasteiger partial charge >= 0.3 is 5.69 Å². The molecule has 0 spiro atoms. The van der Waals surface area contributed by atoms with Crippen LogP contribution in [0.5, 0.6) is 0 Å². The highest BCUT2D eigenvalue weighted by Gasteiger charge is 2.23. The monoisotopic (exact) mass is 333 g/mol. The molecule has 0 aliphatic rings. The summed E-state index contributed by atoms with van der Waals surface area (Å²) >= 11 is 3.20. The number of nitrogens with one attached hydrogen (secondary N) is 1. The van der Waals surface area contributed by atoms with Crippen LogP contribution in [0.25, 0.3) is 0 Å². The van der Waals surface area contributed by atoms with Gasteiger partial charge in [-0.2, -0.15) is 0 Å². The van der Waals surface area contributed by atoms with Crippen molar-refractivity contribution in [2.45, 2.75) is 18.9 Å². The number of aliphatic hydroxyl groups is 1. The molecule has 0 aromatic carbocycles. The molecule has 1 aromatic heterocycles. The Hall–Kier alpha value is -1.25. The lowest BCUT2D eigenvalue weighted by Gasteiger charge is -2.24. The Balaban J connectivity index is 2.80. The zero-order valence-corrected chi connectivity index (χ0v) is 12.3. The molecule has 1 rings (SSSR count). The molecule has 0 aliphatic carbocycles. The quantitative estimate of drug-likeness (QED) is 0.584. The first-order valence-electron chi connectivity index (χ1n) is 5.60. The fourth-order valence-electron chi connectivity index (χ4n) is 1.43. The minimum Gasteiger partial charge on any atom is -0.388 e. The Kier molecular flexibility index (Phi) is 5.64. The number of nitro groups is 1. The second kappa shape index (κ2) is 6.78. The number of aromatic nitrogens is 1. The van der Waals surface area contributed by atoms with Gasteiger partial charge in [-0.15, -0.1) is 0 Å². The van der Waals surface area contributed by atoms with Crippen LogP contribution >= 0.6 is 15.9 Å². The highest BCUT2D eigenvalue weighted by Crippen LogP contribution is 2.31. The minimum atomic E-state index is -1.02. The van der Waals surface area contributed by atoms with E-state index in [0.717, 1.165) is 6.20 Å². The highest BCUT2D eigenvalue weighted by atomic mass is 79.9. The van der Waals surface area contributed by atoms with Gasteiger partial charge in [-0.3, -0.25) is 15.1 Å². The number of pyridine rings is 1. The molecule has 0 fully saturated rings. The van der Waals surface area contributed by atoms with Crippen LogP contribution in [-0.2, 0) is 4.74 Å². The van der Waals surface area contributed by atoms with Crippen molar-refractivity contribution in [3.8, 4) is 0 Å². The standard InChI is InChI=1S/C11H16BrN3O4/c1-11(16,3-4-19-2)7-14-10-8(12)5-13-6-9(10)15(17)18/h5-6,16H,3-4,7H2,1-2H3,(H,13,14). The summed E-state index contributed by atoms with van der Waals surface area (Å²) in [6.07, 6.45) is 3.04. The topological polar surface area (TPSA) is 97.5 Å². The van der Waals surface area contributed by atoms with E-state index in [2.05, 4.69) is 26.2 Å². The maximum absolute atomic E-state index is 10.9. The Morgan fingerprint density at radius 1 is 1.63 bits per heavy atom. The number of hydrogen-bond acceptors (Lipinski definition) is 6. The van der Waals surface area contributed by atoms with Gasteiger partial charge in [0.25, 0.3) is 0 Å². The molecule has 0 bridgehead atoms. The van der Waals surface area contributed by atoms with E-state index < -0.39 is 10.5 Å². The second-order valence-electron chi connectivity index (χ2n) is 4.37. The molecular formula is C11H16BrN3O4. The summed E-state index contributed by atoms with van der Waals surface area (Å²) in [5.74, 6) is 0. The first-order valence-corrected chi connectivity index (χ1v) is 6.40.